The van der Waals surface area contributed by atoms with Crippen molar-refractivity contribution in [2.24, 2.45) is 11.3 Å². The molecule has 37 heavy (non-hydrogen) atoms. The maximum atomic E-state index is 13.9. The van der Waals surface area contributed by atoms with Crippen LogP contribution in [0.15, 0.2) is 41.1 Å². The van der Waals surface area contributed by atoms with Crippen LogP contribution in [0, 0.1) is 17.2 Å². The smallest absolute Gasteiger partial charge is 0.246 e. The Bertz CT molecular complexity index is 1260. The maximum absolute atomic E-state index is 13.9. The SMILES string of the molecule is CN[C@@H](C)C(=O)N[C@H](C(=O)N1CC[C@H](C)[C@H]1c1nc(-c2sccc2-c2cccc(F)c2)cs1)C(C)(C)C. The van der Waals surface area contributed by atoms with Crippen molar-refractivity contribution in [3.63, 3.8) is 0 Å². The summed E-state index contributed by atoms with van der Waals surface area (Å²) in [6, 6.07) is 7.37. The molecule has 2 aromatic heterocycles. The van der Waals surface area contributed by atoms with Crippen molar-refractivity contribution in [3.8, 4) is 21.7 Å². The Hall–Kier alpha value is -2.62. The summed E-state index contributed by atoms with van der Waals surface area (Å²) in [6.07, 6.45) is 0.872. The molecule has 0 unspecified atom stereocenters. The molecule has 1 fully saturated rings. The van der Waals surface area contributed by atoms with E-state index < -0.39 is 17.5 Å². The zero-order valence-electron chi connectivity index (χ0n) is 22.2. The Morgan fingerprint density at radius 2 is 1.97 bits per heavy atom. The average Bonchev–Trinajstić information content (AvgIpc) is 3.59. The molecule has 0 bridgehead atoms. The number of amides is 2. The second-order valence-electron chi connectivity index (χ2n) is 10.8. The topological polar surface area (TPSA) is 74.3 Å². The third-order valence-corrected chi connectivity index (χ3v) is 8.87. The molecular weight excluding hydrogens is 507 g/mol. The van der Waals surface area contributed by atoms with Crippen LogP contribution in [-0.4, -0.2) is 47.4 Å². The number of thiophene rings is 1. The molecule has 1 aliphatic heterocycles. The summed E-state index contributed by atoms with van der Waals surface area (Å²) in [5.41, 5.74) is 2.14. The maximum Gasteiger partial charge on any atom is 0.246 e. The molecule has 3 heterocycles. The highest BCUT2D eigenvalue weighted by atomic mass is 32.1. The van der Waals surface area contributed by atoms with Gasteiger partial charge in [0, 0.05) is 17.5 Å². The number of halogens is 1. The lowest BCUT2D eigenvalue weighted by molar-refractivity contribution is -0.141. The van der Waals surface area contributed by atoms with Crippen molar-refractivity contribution in [1.82, 2.24) is 20.5 Å². The number of rotatable bonds is 7. The van der Waals surface area contributed by atoms with Gasteiger partial charge in [0.15, 0.2) is 0 Å². The fraction of sp³-hybridized carbons (Fsp3) is 0.464. The van der Waals surface area contributed by atoms with Crippen LogP contribution in [0.4, 0.5) is 4.39 Å². The van der Waals surface area contributed by atoms with Gasteiger partial charge in [-0.2, -0.15) is 0 Å². The Kier molecular flexibility index (Phi) is 8.16. The summed E-state index contributed by atoms with van der Waals surface area (Å²) in [5.74, 6) is -0.306. The molecule has 6 nitrogen and oxygen atoms in total. The lowest BCUT2D eigenvalue weighted by atomic mass is 9.85. The number of nitrogens with one attached hydrogen (secondary N) is 2. The van der Waals surface area contributed by atoms with E-state index in [-0.39, 0.29) is 29.6 Å². The second-order valence-corrected chi connectivity index (χ2v) is 12.6. The number of likely N-dealkylation sites (N-methyl/N-ethyl adjacent to an activating group) is 1. The van der Waals surface area contributed by atoms with Gasteiger partial charge >= 0.3 is 0 Å². The first-order valence-corrected chi connectivity index (χ1v) is 14.3. The molecule has 4 rings (SSSR count). The fourth-order valence-corrected chi connectivity index (χ4v) is 6.71. The first-order chi connectivity index (χ1) is 17.5. The molecule has 0 saturated carbocycles. The van der Waals surface area contributed by atoms with Gasteiger partial charge < -0.3 is 15.5 Å². The normalized spacial score (nSPS) is 19.6. The van der Waals surface area contributed by atoms with Crippen LogP contribution in [0.25, 0.3) is 21.7 Å². The number of thiazole rings is 1. The summed E-state index contributed by atoms with van der Waals surface area (Å²) in [5, 5.41) is 10.8. The molecule has 9 heteroatoms. The number of aromatic nitrogens is 1. The predicted molar refractivity (Wildman–Crippen MR) is 149 cm³/mol. The minimum absolute atomic E-state index is 0.0770. The number of likely N-dealkylation sites (tertiary alicyclic amines) is 1. The van der Waals surface area contributed by atoms with Crippen LogP contribution in [-0.2, 0) is 9.59 Å². The van der Waals surface area contributed by atoms with Crippen molar-refractivity contribution < 1.29 is 14.0 Å². The van der Waals surface area contributed by atoms with Crippen LogP contribution in [0.1, 0.15) is 52.1 Å². The van der Waals surface area contributed by atoms with E-state index in [9.17, 15) is 14.0 Å². The van der Waals surface area contributed by atoms with Crippen LogP contribution in [0.2, 0.25) is 0 Å². The van der Waals surface area contributed by atoms with Gasteiger partial charge in [0.1, 0.15) is 16.9 Å². The Morgan fingerprint density at radius 1 is 1.22 bits per heavy atom. The van der Waals surface area contributed by atoms with Gasteiger partial charge in [-0.3, -0.25) is 9.59 Å². The van der Waals surface area contributed by atoms with Gasteiger partial charge in [0.2, 0.25) is 11.8 Å². The van der Waals surface area contributed by atoms with Gasteiger partial charge in [0.25, 0.3) is 0 Å². The van der Waals surface area contributed by atoms with Crippen LogP contribution in [0.5, 0.6) is 0 Å². The van der Waals surface area contributed by atoms with E-state index >= 15 is 0 Å². The molecule has 2 N–H and O–H groups in total. The number of benzene rings is 1. The molecule has 2 amide bonds. The largest absolute Gasteiger partial charge is 0.342 e. The zero-order chi connectivity index (χ0) is 26.9. The van der Waals surface area contributed by atoms with E-state index in [1.54, 1.807) is 42.7 Å². The van der Waals surface area contributed by atoms with E-state index in [1.807, 2.05) is 48.6 Å². The second kappa shape index (κ2) is 11.0. The highest BCUT2D eigenvalue weighted by molar-refractivity contribution is 7.15. The summed E-state index contributed by atoms with van der Waals surface area (Å²) in [6.45, 7) is 10.5. The monoisotopic (exact) mass is 542 g/mol. The first-order valence-electron chi connectivity index (χ1n) is 12.6. The molecule has 1 aromatic carbocycles. The summed E-state index contributed by atoms with van der Waals surface area (Å²) >= 11 is 3.12. The average molecular weight is 543 g/mol. The molecule has 0 radical (unpaired) electrons. The first kappa shape index (κ1) is 27.4. The zero-order valence-corrected chi connectivity index (χ0v) is 23.8. The van der Waals surface area contributed by atoms with E-state index in [0.29, 0.717) is 6.54 Å². The minimum Gasteiger partial charge on any atom is -0.342 e. The summed E-state index contributed by atoms with van der Waals surface area (Å²) in [4.78, 5) is 34.5. The molecule has 1 saturated heterocycles. The highest BCUT2D eigenvalue weighted by Crippen LogP contribution is 2.43. The van der Waals surface area contributed by atoms with Crippen LogP contribution in [0.3, 0.4) is 0 Å². The summed E-state index contributed by atoms with van der Waals surface area (Å²) in [7, 11) is 1.73. The lowest BCUT2D eigenvalue weighted by Crippen LogP contribution is -2.57. The van der Waals surface area contributed by atoms with Gasteiger partial charge in [-0.25, -0.2) is 9.37 Å². The molecule has 4 atom stereocenters. The van der Waals surface area contributed by atoms with Gasteiger partial charge in [-0.15, -0.1) is 22.7 Å². The van der Waals surface area contributed by atoms with Crippen molar-refractivity contribution in [1.29, 1.82) is 0 Å². The van der Waals surface area contributed by atoms with Crippen molar-refractivity contribution in [3.05, 3.63) is 51.9 Å². The van der Waals surface area contributed by atoms with Crippen molar-refractivity contribution in [2.45, 2.75) is 59.2 Å². The number of carbonyl (C=O) groups excluding carboxylic acids is 2. The van der Waals surface area contributed by atoms with E-state index in [0.717, 1.165) is 33.1 Å². The lowest BCUT2D eigenvalue weighted by Gasteiger charge is -2.36. The van der Waals surface area contributed by atoms with Crippen LogP contribution >= 0.6 is 22.7 Å². The van der Waals surface area contributed by atoms with E-state index in [4.69, 9.17) is 4.98 Å². The quantitative estimate of drug-likeness (QED) is 0.400. The highest BCUT2D eigenvalue weighted by Gasteiger charge is 2.43. The molecule has 3 aromatic rings. The minimum atomic E-state index is -0.653. The van der Waals surface area contributed by atoms with Crippen LogP contribution < -0.4 is 10.6 Å². The Labute approximate surface area is 226 Å². The predicted octanol–water partition coefficient (Wildman–Crippen LogP) is 5.73. The molecule has 0 aliphatic carbocycles. The Morgan fingerprint density at radius 3 is 2.65 bits per heavy atom. The van der Waals surface area contributed by atoms with Crippen molar-refractivity contribution >= 4 is 34.5 Å². The van der Waals surface area contributed by atoms with E-state index in [1.165, 1.54) is 12.1 Å². The van der Waals surface area contributed by atoms with Gasteiger partial charge in [-0.1, -0.05) is 39.8 Å². The van der Waals surface area contributed by atoms with Gasteiger partial charge in [0.05, 0.1) is 22.7 Å². The number of hydrogen-bond acceptors (Lipinski definition) is 6. The third-order valence-electron chi connectivity index (χ3n) is 7.02. The third kappa shape index (κ3) is 5.78. The molecule has 1 aliphatic rings. The number of hydrogen-bond donors (Lipinski definition) is 2. The molecule has 198 valence electrons. The standard InChI is InChI=1S/C28H35FN4O2S2/c1-16-10-12-33(27(35)24(28(3,4)5)32-25(34)17(2)30-6)22(16)26-31-21(15-37-26)23-20(11-13-36-23)18-8-7-9-19(29)14-18/h7-9,11,13-17,22,24,30H,10,12H2,1-6H3,(H,32,34)/t16-,17-,22-,24+/m0/s1. The summed E-state index contributed by atoms with van der Waals surface area (Å²) < 4.78 is 13.9. The van der Waals surface area contributed by atoms with Gasteiger partial charge in [-0.05, 0) is 60.9 Å². The number of nitrogens with zero attached hydrogens (tertiary/aromatic N) is 2. The molecular formula is C28H35FN4O2S2. The number of carbonyl (C=O) groups is 2. The van der Waals surface area contributed by atoms with E-state index in [2.05, 4.69) is 17.6 Å². The Balaban J connectivity index is 1.62. The fourth-order valence-electron chi connectivity index (χ4n) is 4.70. The van der Waals surface area contributed by atoms with Crippen molar-refractivity contribution in [2.75, 3.05) is 13.6 Å². The molecule has 0 spiro atoms.